The fourth-order valence-electron chi connectivity index (χ4n) is 3.20. The Kier molecular flexibility index (Phi) is 16.5. The smallest absolute Gasteiger partial charge is 0.0230 e. The van der Waals surface area contributed by atoms with Crippen molar-refractivity contribution >= 4 is 12.4 Å². The summed E-state index contributed by atoms with van der Waals surface area (Å²) in [6.07, 6.45) is 14.1. The lowest BCUT2D eigenvalue weighted by Gasteiger charge is -2.16. The second kappa shape index (κ2) is 16.9. The van der Waals surface area contributed by atoms with Crippen molar-refractivity contribution in [1.29, 1.82) is 0 Å². The molecule has 0 fully saturated rings. The average molecular weight is 369 g/mol. The molecule has 146 valence electrons. The van der Waals surface area contributed by atoms with Crippen LogP contribution in [0.15, 0.2) is 30.3 Å². The summed E-state index contributed by atoms with van der Waals surface area (Å²) in [5, 5.41) is 0. The maximum Gasteiger partial charge on any atom is 0.0230 e. The lowest BCUT2D eigenvalue weighted by Crippen LogP contribution is -2.18. The Labute approximate surface area is 163 Å². The number of halogens is 1. The Morgan fingerprint density at radius 1 is 0.600 bits per heavy atom. The number of hydrogen-bond acceptors (Lipinski definition) is 2. The van der Waals surface area contributed by atoms with Gasteiger partial charge in [0, 0.05) is 6.54 Å². The molecule has 0 radical (unpaired) electrons. The normalized spacial score (nSPS) is 11.1. The highest BCUT2D eigenvalue weighted by atomic mass is 35.5. The molecule has 0 aliphatic carbocycles. The van der Waals surface area contributed by atoms with Gasteiger partial charge in [-0.1, -0.05) is 81.7 Å². The maximum absolute atomic E-state index is 2.45. The summed E-state index contributed by atoms with van der Waals surface area (Å²) in [5.74, 6) is 0. The van der Waals surface area contributed by atoms with Crippen molar-refractivity contribution in [3.63, 3.8) is 0 Å². The Balaban J connectivity index is 0.00000576. The summed E-state index contributed by atoms with van der Waals surface area (Å²) in [5.41, 5.74) is 1.42. The third-order valence-electron chi connectivity index (χ3n) is 4.69. The van der Waals surface area contributed by atoms with Gasteiger partial charge in [-0.05, 0) is 52.6 Å². The van der Waals surface area contributed by atoms with E-state index in [0.29, 0.717) is 0 Å². The molecule has 0 aromatic heterocycles. The molecule has 0 bridgehead atoms. The van der Waals surface area contributed by atoms with Crippen LogP contribution in [0.5, 0.6) is 0 Å². The fraction of sp³-hybridized carbons (Fsp3) is 0.727. The minimum absolute atomic E-state index is 0. The van der Waals surface area contributed by atoms with E-state index in [1.807, 2.05) is 0 Å². The highest BCUT2D eigenvalue weighted by Gasteiger charge is 2.00. The molecule has 0 N–H and O–H groups in total. The second-order valence-electron chi connectivity index (χ2n) is 7.56. The van der Waals surface area contributed by atoms with Crippen LogP contribution in [0.1, 0.15) is 69.8 Å². The molecule has 1 aromatic carbocycles. The van der Waals surface area contributed by atoms with Crippen LogP contribution >= 0.6 is 12.4 Å². The van der Waals surface area contributed by atoms with Crippen molar-refractivity contribution < 1.29 is 0 Å². The molecule has 0 atom stereocenters. The van der Waals surface area contributed by atoms with E-state index < -0.39 is 0 Å². The Morgan fingerprint density at radius 2 is 1.04 bits per heavy atom. The van der Waals surface area contributed by atoms with Crippen molar-refractivity contribution in [2.75, 3.05) is 34.2 Å². The standard InChI is InChI=1S/C22H40N2.ClH/c1-23(2)19-15-10-8-6-4-5-7-9-11-16-20-24(3)21-22-17-13-12-14-18-22;/h12-14,17-18H,4-11,15-16,19-21H2,1-3H3;1H. The summed E-state index contributed by atoms with van der Waals surface area (Å²) in [7, 11) is 6.57. The molecule has 0 saturated carbocycles. The van der Waals surface area contributed by atoms with Gasteiger partial charge in [0.05, 0.1) is 0 Å². The molecule has 0 heterocycles. The van der Waals surface area contributed by atoms with E-state index in [4.69, 9.17) is 0 Å². The van der Waals surface area contributed by atoms with E-state index in [2.05, 4.69) is 61.3 Å². The molecule has 0 spiro atoms. The average Bonchev–Trinajstić information content (AvgIpc) is 2.56. The molecule has 1 rings (SSSR count). The quantitative estimate of drug-likeness (QED) is 0.350. The number of rotatable bonds is 15. The highest BCUT2D eigenvalue weighted by Crippen LogP contribution is 2.11. The predicted molar refractivity (Wildman–Crippen MR) is 115 cm³/mol. The molecular weight excluding hydrogens is 328 g/mol. The summed E-state index contributed by atoms with van der Waals surface area (Å²) in [6.45, 7) is 3.55. The van der Waals surface area contributed by atoms with E-state index in [0.717, 1.165) is 6.54 Å². The van der Waals surface area contributed by atoms with Gasteiger partial charge in [0.25, 0.3) is 0 Å². The van der Waals surface area contributed by atoms with Crippen molar-refractivity contribution in [3.8, 4) is 0 Å². The first-order valence-electron chi connectivity index (χ1n) is 10.1. The molecule has 0 aliphatic rings. The van der Waals surface area contributed by atoms with Crippen LogP contribution < -0.4 is 0 Å². The van der Waals surface area contributed by atoms with E-state index >= 15 is 0 Å². The first-order chi connectivity index (χ1) is 11.7. The molecule has 0 aliphatic heterocycles. The van der Waals surface area contributed by atoms with Crippen LogP contribution in [0.4, 0.5) is 0 Å². The van der Waals surface area contributed by atoms with E-state index in [1.54, 1.807) is 0 Å². The fourth-order valence-corrected chi connectivity index (χ4v) is 3.20. The van der Waals surface area contributed by atoms with Crippen LogP contribution in [0.3, 0.4) is 0 Å². The van der Waals surface area contributed by atoms with Crippen LogP contribution in [0.25, 0.3) is 0 Å². The van der Waals surface area contributed by atoms with Gasteiger partial charge >= 0.3 is 0 Å². The molecule has 0 unspecified atom stereocenters. The topological polar surface area (TPSA) is 6.48 Å². The lowest BCUT2D eigenvalue weighted by atomic mass is 10.1. The zero-order chi connectivity index (χ0) is 17.5. The van der Waals surface area contributed by atoms with Gasteiger partial charge in [0.1, 0.15) is 0 Å². The second-order valence-corrected chi connectivity index (χ2v) is 7.56. The molecule has 0 amide bonds. The van der Waals surface area contributed by atoms with E-state index in [1.165, 1.54) is 82.9 Å². The van der Waals surface area contributed by atoms with Crippen molar-refractivity contribution in [2.45, 2.75) is 70.8 Å². The zero-order valence-electron chi connectivity index (χ0n) is 16.9. The van der Waals surface area contributed by atoms with Gasteiger partial charge in [-0.2, -0.15) is 0 Å². The van der Waals surface area contributed by atoms with Crippen LogP contribution in [-0.2, 0) is 6.54 Å². The van der Waals surface area contributed by atoms with Crippen LogP contribution in [-0.4, -0.2) is 44.0 Å². The van der Waals surface area contributed by atoms with Gasteiger partial charge in [-0.15, -0.1) is 12.4 Å². The first kappa shape index (κ1) is 24.4. The van der Waals surface area contributed by atoms with Gasteiger partial charge in [-0.3, -0.25) is 0 Å². The van der Waals surface area contributed by atoms with E-state index in [9.17, 15) is 0 Å². The molecule has 25 heavy (non-hydrogen) atoms. The van der Waals surface area contributed by atoms with Crippen LogP contribution in [0.2, 0.25) is 0 Å². The van der Waals surface area contributed by atoms with Crippen LogP contribution in [0, 0.1) is 0 Å². The third-order valence-corrected chi connectivity index (χ3v) is 4.69. The molecule has 0 saturated heterocycles. The molecule has 1 aromatic rings. The predicted octanol–water partition coefficient (Wildman–Crippen LogP) is 6.00. The highest BCUT2D eigenvalue weighted by molar-refractivity contribution is 5.85. The molecular formula is C22H41ClN2. The largest absolute Gasteiger partial charge is 0.309 e. The maximum atomic E-state index is 2.45. The van der Waals surface area contributed by atoms with Gasteiger partial charge in [0.15, 0.2) is 0 Å². The Bertz CT molecular complexity index is 381. The minimum atomic E-state index is 0. The van der Waals surface area contributed by atoms with Gasteiger partial charge < -0.3 is 9.80 Å². The summed E-state index contributed by atoms with van der Waals surface area (Å²) < 4.78 is 0. The van der Waals surface area contributed by atoms with Crippen molar-refractivity contribution in [3.05, 3.63) is 35.9 Å². The lowest BCUT2D eigenvalue weighted by molar-refractivity contribution is 0.316. The van der Waals surface area contributed by atoms with E-state index in [-0.39, 0.29) is 12.4 Å². The summed E-state index contributed by atoms with van der Waals surface area (Å²) in [6, 6.07) is 10.8. The SMILES string of the molecule is CN(C)CCCCCCCCCCCCN(C)Cc1ccccc1.Cl. The minimum Gasteiger partial charge on any atom is -0.309 e. The third kappa shape index (κ3) is 15.4. The molecule has 2 nitrogen and oxygen atoms in total. The Morgan fingerprint density at radius 3 is 1.52 bits per heavy atom. The monoisotopic (exact) mass is 368 g/mol. The number of benzene rings is 1. The number of nitrogens with zero attached hydrogens (tertiary/aromatic N) is 2. The van der Waals surface area contributed by atoms with Gasteiger partial charge in [0.2, 0.25) is 0 Å². The first-order valence-corrected chi connectivity index (χ1v) is 10.1. The van der Waals surface area contributed by atoms with Gasteiger partial charge in [-0.25, -0.2) is 0 Å². The summed E-state index contributed by atoms with van der Waals surface area (Å²) in [4.78, 5) is 4.74. The Hall–Kier alpha value is -0.570. The molecule has 3 heteroatoms. The number of hydrogen-bond donors (Lipinski definition) is 0. The van der Waals surface area contributed by atoms with Crippen molar-refractivity contribution in [2.24, 2.45) is 0 Å². The number of unbranched alkanes of at least 4 members (excludes halogenated alkanes) is 9. The van der Waals surface area contributed by atoms with Crippen molar-refractivity contribution in [1.82, 2.24) is 9.80 Å². The zero-order valence-corrected chi connectivity index (χ0v) is 17.7. The summed E-state index contributed by atoms with van der Waals surface area (Å²) >= 11 is 0.